The van der Waals surface area contributed by atoms with Crippen molar-refractivity contribution in [3.8, 4) is 0 Å². The highest BCUT2D eigenvalue weighted by Gasteiger charge is 2.25. The standard InChI is InChI=1S/C17H28/c1-14(2)13-17(15-9-5-3-6-10-15)16-11-7-4-8-12-16/h13,15-16H,1,3-12H2,2H3. The van der Waals surface area contributed by atoms with E-state index >= 15 is 0 Å². The molecule has 2 fully saturated rings. The van der Waals surface area contributed by atoms with Gasteiger partial charge >= 0.3 is 0 Å². The van der Waals surface area contributed by atoms with Crippen LogP contribution in [-0.2, 0) is 0 Å². The first-order valence-electron chi connectivity index (χ1n) is 7.64. The minimum atomic E-state index is 0.892. The molecule has 0 aromatic carbocycles. The Labute approximate surface area is 107 Å². The van der Waals surface area contributed by atoms with Crippen LogP contribution < -0.4 is 0 Å². The molecule has 2 aliphatic carbocycles. The highest BCUT2D eigenvalue weighted by molar-refractivity contribution is 5.23. The molecule has 0 spiro atoms. The zero-order valence-electron chi connectivity index (χ0n) is 11.5. The Kier molecular flexibility index (Phi) is 4.88. The molecule has 2 saturated carbocycles. The minimum absolute atomic E-state index is 0.892. The van der Waals surface area contributed by atoms with Crippen molar-refractivity contribution in [1.29, 1.82) is 0 Å². The van der Waals surface area contributed by atoms with Crippen LogP contribution in [0, 0.1) is 11.8 Å². The summed E-state index contributed by atoms with van der Waals surface area (Å²) in [4.78, 5) is 0. The van der Waals surface area contributed by atoms with Crippen molar-refractivity contribution in [2.75, 3.05) is 0 Å². The van der Waals surface area contributed by atoms with E-state index in [9.17, 15) is 0 Å². The average molecular weight is 232 g/mol. The van der Waals surface area contributed by atoms with Crippen molar-refractivity contribution < 1.29 is 0 Å². The Hall–Kier alpha value is -0.520. The lowest BCUT2D eigenvalue weighted by Gasteiger charge is -2.32. The average Bonchev–Trinajstić information content (AvgIpc) is 2.38. The number of hydrogen-bond acceptors (Lipinski definition) is 0. The van der Waals surface area contributed by atoms with E-state index in [4.69, 9.17) is 0 Å². The molecule has 0 aromatic rings. The molecule has 0 nitrogen and oxygen atoms in total. The normalized spacial score (nSPS) is 23.4. The predicted octanol–water partition coefficient (Wildman–Crippen LogP) is 5.65. The number of allylic oxidation sites excluding steroid dienone is 3. The van der Waals surface area contributed by atoms with Gasteiger partial charge in [0.1, 0.15) is 0 Å². The maximum Gasteiger partial charge on any atom is -0.0197 e. The summed E-state index contributed by atoms with van der Waals surface area (Å²) in [5.41, 5.74) is 3.04. The summed E-state index contributed by atoms with van der Waals surface area (Å²) in [5.74, 6) is 1.78. The molecule has 0 amide bonds. The summed E-state index contributed by atoms with van der Waals surface area (Å²) in [6.45, 7) is 6.27. The first-order valence-corrected chi connectivity index (χ1v) is 7.64. The summed E-state index contributed by atoms with van der Waals surface area (Å²) in [6, 6.07) is 0. The van der Waals surface area contributed by atoms with Crippen molar-refractivity contribution in [1.82, 2.24) is 0 Å². The van der Waals surface area contributed by atoms with Crippen molar-refractivity contribution in [3.63, 3.8) is 0 Å². The van der Waals surface area contributed by atoms with Crippen molar-refractivity contribution in [2.24, 2.45) is 11.8 Å². The molecule has 0 heteroatoms. The van der Waals surface area contributed by atoms with Gasteiger partial charge in [-0.3, -0.25) is 0 Å². The SMILES string of the molecule is C=C(C)C=C(C1CCCCC1)C1CCCCC1. The van der Waals surface area contributed by atoms with E-state index in [2.05, 4.69) is 19.6 Å². The van der Waals surface area contributed by atoms with Gasteiger partial charge in [0.2, 0.25) is 0 Å². The molecule has 2 rings (SSSR count). The Balaban J connectivity index is 2.08. The molecule has 0 saturated heterocycles. The van der Waals surface area contributed by atoms with Gasteiger partial charge in [-0.25, -0.2) is 0 Å². The van der Waals surface area contributed by atoms with Gasteiger partial charge in [-0.15, -0.1) is 0 Å². The summed E-state index contributed by atoms with van der Waals surface area (Å²) in [6.07, 6.45) is 16.9. The predicted molar refractivity (Wildman–Crippen MR) is 76.0 cm³/mol. The third-order valence-corrected chi connectivity index (χ3v) is 4.57. The molecule has 0 atom stereocenters. The van der Waals surface area contributed by atoms with Crippen LogP contribution in [0.4, 0.5) is 0 Å². The molecule has 0 aromatic heterocycles. The molecule has 96 valence electrons. The lowest BCUT2D eigenvalue weighted by molar-refractivity contribution is 0.326. The van der Waals surface area contributed by atoms with Crippen molar-refractivity contribution >= 4 is 0 Å². The molecular weight excluding hydrogens is 204 g/mol. The molecule has 0 aliphatic heterocycles. The van der Waals surface area contributed by atoms with E-state index in [1.54, 1.807) is 5.57 Å². The largest absolute Gasteiger partial charge is 0.0961 e. The minimum Gasteiger partial charge on any atom is -0.0961 e. The Bertz CT molecular complexity index is 252. The summed E-state index contributed by atoms with van der Waals surface area (Å²) < 4.78 is 0. The Morgan fingerprint density at radius 2 is 1.24 bits per heavy atom. The molecule has 0 radical (unpaired) electrons. The maximum atomic E-state index is 4.11. The summed E-state index contributed by atoms with van der Waals surface area (Å²) in [5, 5.41) is 0. The van der Waals surface area contributed by atoms with Gasteiger partial charge in [0, 0.05) is 0 Å². The molecular formula is C17H28. The van der Waals surface area contributed by atoms with E-state index in [1.807, 2.05) is 0 Å². The first-order chi connectivity index (χ1) is 8.27. The highest BCUT2D eigenvalue weighted by Crippen LogP contribution is 2.39. The van der Waals surface area contributed by atoms with Crippen LogP contribution in [0.5, 0.6) is 0 Å². The Morgan fingerprint density at radius 1 is 0.824 bits per heavy atom. The first kappa shape index (κ1) is 12.9. The third kappa shape index (κ3) is 3.72. The third-order valence-electron chi connectivity index (χ3n) is 4.57. The number of rotatable bonds is 3. The fraction of sp³-hybridized carbons (Fsp3) is 0.765. The van der Waals surface area contributed by atoms with E-state index in [1.165, 1.54) is 69.8 Å². The second-order valence-electron chi connectivity index (χ2n) is 6.16. The van der Waals surface area contributed by atoms with Crippen LogP contribution in [0.3, 0.4) is 0 Å². The molecule has 0 bridgehead atoms. The second-order valence-corrected chi connectivity index (χ2v) is 6.16. The zero-order valence-corrected chi connectivity index (χ0v) is 11.5. The van der Waals surface area contributed by atoms with Crippen LogP contribution in [-0.4, -0.2) is 0 Å². The van der Waals surface area contributed by atoms with Gasteiger partial charge in [-0.2, -0.15) is 0 Å². The quantitative estimate of drug-likeness (QED) is 0.552. The van der Waals surface area contributed by atoms with Gasteiger partial charge in [-0.1, -0.05) is 62.3 Å². The van der Waals surface area contributed by atoms with E-state index in [0.717, 1.165) is 11.8 Å². The van der Waals surface area contributed by atoms with Gasteiger partial charge < -0.3 is 0 Å². The highest BCUT2D eigenvalue weighted by atomic mass is 14.3. The fourth-order valence-corrected chi connectivity index (χ4v) is 3.73. The van der Waals surface area contributed by atoms with Crippen LogP contribution >= 0.6 is 0 Å². The number of hydrogen-bond donors (Lipinski definition) is 0. The van der Waals surface area contributed by atoms with Crippen LogP contribution in [0.1, 0.15) is 71.1 Å². The zero-order chi connectivity index (χ0) is 12.1. The van der Waals surface area contributed by atoms with Crippen LogP contribution in [0.2, 0.25) is 0 Å². The smallest absolute Gasteiger partial charge is 0.0197 e. The maximum absolute atomic E-state index is 4.11. The Morgan fingerprint density at radius 3 is 1.59 bits per heavy atom. The molecule has 0 N–H and O–H groups in total. The van der Waals surface area contributed by atoms with Gasteiger partial charge in [-0.05, 0) is 44.4 Å². The molecule has 17 heavy (non-hydrogen) atoms. The molecule has 2 aliphatic rings. The van der Waals surface area contributed by atoms with Gasteiger partial charge in [0.05, 0.1) is 0 Å². The monoisotopic (exact) mass is 232 g/mol. The van der Waals surface area contributed by atoms with E-state index in [0.29, 0.717) is 0 Å². The summed E-state index contributed by atoms with van der Waals surface area (Å²) >= 11 is 0. The van der Waals surface area contributed by atoms with E-state index in [-0.39, 0.29) is 0 Å². The van der Waals surface area contributed by atoms with Crippen molar-refractivity contribution in [2.45, 2.75) is 71.1 Å². The molecule has 0 unspecified atom stereocenters. The molecule has 0 heterocycles. The van der Waals surface area contributed by atoms with Crippen LogP contribution in [0.15, 0.2) is 23.8 Å². The second kappa shape index (κ2) is 6.42. The van der Waals surface area contributed by atoms with Gasteiger partial charge in [0.15, 0.2) is 0 Å². The summed E-state index contributed by atoms with van der Waals surface area (Å²) in [7, 11) is 0. The van der Waals surface area contributed by atoms with E-state index < -0.39 is 0 Å². The topological polar surface area (TPSA) is 0 Å². The van der Waals surface area contributed by atoms with Crippen molar-refractivity contribution in [3.05, 3.63) is 23.8 Å². The lowest BCUT2D eigenvalue weighted by Crippen LogP contribution is -2.18. The van der Waals surface area contributed by atoms with Gasteiger partial charge in [0.25, 0.3) is 0 Å². The lowest BCUT2D eigenvalue weighted by atomic mass is 9.73. The fourth-order valence-electron chi connectivity index (χ4n) is 3.73. The van der Waals surface area contributed by atoms with Crippen LogP contribution in [0.25, 0.3) is 0 Å².